The molecule has 0 saturated carbocycles. The van der Waals surface area contributed by atoms with Crippen molar-refractivity contribution in [3.05, 3.63) is 23.8 Å². The third kappa shape index (κ3) is 3.66. The lowest BCUT2D eigenvalue weighted by Crippen LogP contribution is -2.22. The number of hydrogen-bond donors (Lipinski definition) is 4. The molecule has 6 N–H and O–H groups in total. The summed E-state index contributed by atoms with van der Waals surface area (Å²) < 4.78 is 0. The molecule has 1 rings (SSSR count). The van der Waals surface area contributed by atoms with E-state index in [0.29, 0.717) is 11.3 Å². The van der Waals surface area contributed by atoms with Gasteiger partial charge in [-0.1, -0.05) is 0 Å². The largest absolute Gasteiger partial charge is 0.504 e. The Morgan fingerprint density at radius 1 is 1.12 bits per heavy atom. The number of phenolic OH excluding ortho intramolecular Hbond substituents is 2. The van der Waals surface area contributed by atoms with Crippen molar-refractivity contribution in [1.29, 1.82) is 0 Å². The standard InChI is InChI=1S/C9H12N4O2.ClH/c1-5(12-13-9(10)11)6-2-3-7(14)8(15)4-6;/h2-4,14-15H,1H3,(H4,10,11,13);1H/b12-5-;. The second kappa shape index (κ2) is 5.82. The van der Waals surface area contributed by atoms with E-state index >= 15 is 0 Å². The molecule has 0 radical (unpaired) electrons. The molecule has 0 unspecified atom stereocenters. The second-order valence-electron chi connectivity index (χ2n) is 2.91. The third-order valence-corrected chi connectivity index (χ3v) is 1.71. The van der Waals surface area contributed by atoms with Gasteiger partial charge in [-0.15, -0.1) is 17.5 Å². The third-order valence-electron chi connectivity index (χ3n) is 1.71. The highest BCUT2D eigenvalue weighted by Gasteiger charge is 2.02. The number of hydrogen-bond acceptors (Lipinski definition) is 4. The summed E-state index contributed by atoms with van der Waals surface area (Å²) in [5, 5.41) is 25.5. The maximum Gasteiger partial charge on any atom is 0.211 e. The molecule has 0 spiro atoms. The Morgan fingerprint density at radius 3 is 2.25 bits per heavy atom. The van der Waals surface area contributed by atoms with Gasteiger partial charge in [0.15, 0.2) is 11.5 Å². The maximum absolute atomic E-state index is 9.24. The minimum atomic E-state index is -0.216. The molecule has 0 saturated heterocycles. The van der Waals surface area contributed by atoms with Gasteiger partial charge >= 0.3 is 0 Å². The van der Waals surface area contributed by atoms with E-state index in [-0.39, 0.29) is 29.9 Å². The number of halogens is 1. The van der Waals surface area contributed by atoms with Gasteiger partial charge in [-0.05, 0) is 25.1 Å². The molecule has 1 aromatic carbocycles. The quantitative estimate of drug-likeness (QED) is 0.262. The van der Waals surface area contributed by atoms with E-state index in [4.69, 9.17) is 16.6 Å². The van der Waals surface area contributed by atoms with Gasteiger partial charge in [0.05, 0.1) is 5.71 Å². The highest BCUT2D eigenvalue weighted by atomic mass is 35.5. The van der Waals surface area contributed by atoms with Crippen LogP contribution in [0.1, 0.15) is 12.5 Å². The van der Waals surface area contributed by atoms with E-state index in [0.717, 1.165) is 0 Å². The van der Waals surface area contributed by atoms with E-state index in [2.05, 4.69) is 10.2 Å². The minimum Gasteiger partial charge on any atom is -0.504 e. The Labute approximate surface area is 98.7 Å². The van der Waals surface area contributed by atoms with Gasteiger partial charge in [0.25, 0.3) is 0 Å². The van der Waals surface area contributed by atoms with Crippen LogP contribution < -0.4 is 11.5 Å². The number of phenols is 2. The van der Waals surface area contributed by atoms with Crippen molar-refractivity contribution in [1.82, 2.24) is 0 Å². The SMILES string of the molecule is C/C(=N/N=C(N)N)c1ccc(O)c(O)c1.Cl. The number of guanidine groups is 1. The Balaban J connectivity index is 0.00000225. The average Bonchev–Trinajstić information content (AvgIpc) is 2.18. The first-order valence-corrected chi connectivity index (χ1v) is 4.16. The molecular weight excluding hydrogens is 232 g/mol. The fourth-order valence-electron chi connectivity index (χ4n) is 0.939. The molecule has 0 aliphatic carbocycles. The predicted molar refractivity (Wildman–Crippen MR) is 65.0 cm³/mol. The van der Waals surface area contributed by atoms with Crippen molar-refractivity contribution < 1.29 is 10.2 Å². The molecule has 0 fully saturated rings. The summed E-state index contributed by atoms with van der Waals surface area (Å²) in [5.74, 6) is -0.544. The van der Waals surface area contributed by atoms with Crippen molar-refractivity contribution >= 4 is 24.1 Å². The van der Waals surface area contributed by atoms with Crippen LogP contribution in [-0.4, -0.2) is 21.9 Å². The van der Waals surface area contributed by atoms with Crippen LogP contribution in [0.4, 0.5) is 0 Å². The molecule has 0 aliphatic rings. The normalized spacial score (nSPS) is 10.4. The number of nitrogens with two attached hydrogens (primary N) is 2. The lowest BCUT2D eigenvalue weighted by atomic mass is 10.1. The molecule has 0 aromatic heterocycles. The lowest BCUT2D eigenvalue weighted by Gasteiger charge is -2.01. The zero-order valence-electron chi connectivity index (χ0n) is 8.58. The molecule has 0 atom stereocenters. The molecule has 1 aromatic rings. The Kier molecular flexibility index (Phi) is 5.11. The minimum absolute atomic E-state index is 0. The monoisotopic (exact) mass is 244 g/mol. The summed E-state index contributed by atoms with van der Waals surface area (Å²) in [4.78, 5) is 0. The van der Waals surface area contributed by atoms with E-state index in [9.17, 15) is 5.11 Å². The molecule has 7 heteroatoms. The number of rotatable bonds is 2. The summed E-state index contributed by atoms with van der Waals surface area (Å²) >= 11 is 0. The van der Waals surface area contributed by atoms with E-state index in [1.54, 1.807) is 13.0 Å². The van der Waals surface area contributed by atoms with Crippen LogP contribution in [0, 0.1) is 0 Å². The molecule has 0 amide bonds. The summed E-state index contributed by atoms with van der Waals surface area (Å²) in [6.45, 7) is 1.68. The summed E-state index contributed by atoms with van der Waals surface area (Å²) in [5.41, 5.74) is 11.4. The van der Waals surface area contributed by atoms with Crippen molar-refractivity contribution in [3.63, 3.8) is 0 Å². The van der Waals surface area contributed by atoms with Crippen LogP contribution in [0.3, 0.4) is 0 Å². The average molecular weight is 245 g/mol. The van der Waals surface area contributed by atoms with Crippen molar-refractivity contribution in [2.24, 2.45) is 21.7 Å². The summed E-state index contributed by atoms with van der Waals surface area (Å²) in [7, 11) is 0. The highest BCUT2D eigenvalue weighted by molar-refractivity contribution is 5.99. The van der Waals surface area contributed by atoms with Gasteiger partial charge in [-0.25, -0.2) is 0 Å². The number of benzene rings is 1. The van der Waals surface area contributed by atoms with Crippen molar-refractivity contribution in [2.45, 2.75) is 6.92 Å². The fourth-order valence-corrected chi connectivity index (χ4v) is 0.939. The van der Waals surface area contributed by atoms with Crippen LogP contribution in [0.2, 0.25) is 0 Å². The maximum atomic E-state index is 9.24. The first kappa shape index (κ1) is 14.1. The van der Waals surface area contributed by atoms with Crippen molar-refractivity contribution in [3.8, 4) is 11.5 Å². The second-order valence-corrected chi connectivity index (χ2v) is 2.91. The van der Waals surface area contributed by atoms with Gasteiger partial charge in [0, 0.05) is 5.56 Å². The zero-order valence-corrected chi connectivity index (χ0v) is 9.40. The topological polar surface area (TPSA) is 117 Å². The Hall–Kier alpha value is -1.95. The molecular formula is C9H13ClN4O2. The predicted octanol–water partition coefficient (Wildman–Crippen LogP) is 0.517. The number of nitrogens with zero attached hydrogens (tertiary/aromatic N) is 2. The van der Waals surface area contributed by atoms with Crippen molar-refractivity contribution in [2.75, 3.05) is 0 Å². The molecule has 0 heterocycles. The highest BCUT2D eigenvalue weighted by Crippen LogP contribution is 2.25. The van der Waals surface area contributed by atoms with Gasteiger partial charge < -0.3 is 21.7 Å². The summed E-state index contributed by atoms with van der Waals surface area (Å²) in [6, 6.07) is 4.33. The zero-order chi connectivity index (χ0) is 11.4. The Bertz CT molecular complexity index is 428. The van der Waals surface area contributed by atoms with Gasteiger partial charge in [0.2, 0.25) is 5.96 Å². The Morgan fingerprint density at radius 2 is 1.75 bits per heavy atom. The molecule has 0 bridgehead atoms. The molecule has 0 aliphatic heterocycles. The molecule has 6 nitrogen and oxygen atoms in total. The van der Waals surface area contributed by atoms with Crippen LogP contribution >= 0.6 is 12.4 Å². The van der Waals surface area contributed by atoms with Gasteiger partial charge in [-0.3, -0.25) is 0 Å². The smallest absolute Gasteiger partial charge is 0.211 e. The van der Waals surface area contributed by atoms with E-state index in [1.165, 1.54) is 12.1 Å². The van der Waals surface area contributed by atoms with Crippen LogP contribution in [-0.2, 0) is 0 Å². The fraction of sp³-hybridized carbons (Fsp3) is 0.111. The lowest BCUT2D eigenvalue weighted by molar-refractivity contribution is 0.403. The van der Waals surface area contributed by atoms with Crippen LogP contribution in [0.15, 0.2) is 28.4 Å². The van der Waals surface area contributed by atoms with E-state index < -0.39 is 0 Å². The first-order valence-electron chi connectivity index (χ1n) is 4.16. The summed E-state index contributed by atoms with van der Waals surface area (Å²) in [6.07, 6.45) is 0. The first-order chi connectivity index (χ1) is 7.00. The van der Waals surface area contributed by atoms with Crippen LogP contribution in [0.5, 0.6) is 11.5 Å². The van der Waals surface area contributed by atoms with Gasteiger partial charge in [-0.2, -0.15) is 5.10 Å². The molecule has 16 heavy (non-hydrogen) atoms. The molecule has 88 valence electrons. The van der Waals surface area contributed by atoms with Crippen LogP contribution in [0.25, 0.3) is 0 Å². The van der Waals surface area contributed by atoms with E-state index in [1.807, 2.05) is 0 Å². The number of aromatic hydroxyl groups is 2. The van der Waals surface area contributed by atoms with Gasteiger partial charge in [0.1, 0.15) is 0 Å².